The minimum atomic E-state index is -3.96. The standard InChI is InChI=1S/C26H37FN4O5S/c1-20(2)25(32)30(10-9-29-11-14-35-15-12-29)17-22-16-28-26(31(22)18-23-7-5-13-36-23)37(33,34)19-21-6-3-4-8-24(21)27/h3-4,6,8,16,20,23H,5,7,9-15,17-19H2,1-2H3/t23-/m0/s1. The number of aromatic nitrogens is 2. The summed E-state index contributed by atoms with van der Waals surface area (Å²) in [6.45, 7) is 9.10. The van der Waals surface area contributed by atoms with Crippen LogP contribution in [0.1, 0.15) is 37.9 Å². The summed E-state index contributed by atoms with van der Waals surface area (Å²) in [5.41, 5.74) is 0.719. The van der Waals surface area contributed by atoms with Crippen LogP contribution in [0.5, 0.6) is 0 Å². The van der Waals surface area contributed by atoms with E-state index >= 15 is 0 Å². The largest absolute Gasteiger partial charge is 0.379 e. The number of carbonyl (C=O) groups is 1. The number of nitrogens with zero attached hydrogens (tertiary/aromatic N) is 4. The highest BCUT2D eigenvalue weighted by Crippen LogP contribution is 2.23. The summed E-state index contributed by atoms with van der Waals surface area (Å²) >= 11 is 0. The average molecular weight is 537 g/mol. The summed E-state index contributed by atoms with van der Waals surface area (Å²) in [7, 11) is -3.96. The Morgan fingerprint density at radius 3 is 2.65 bits per heavy atom. The number of imidazole rings is 1. The lowest BCUT2D eigenvalue weighted by molar-refractivity contribution is -0.135. The Balaban J connectivity index is 1.60. The van der Waals surface area contributed by atoms with E-state index in [2.05, 4.69) is 9.88 Å². The van der Waals surface area contributed by atoms with Gasteiger partial charge in [0.05, 0.1) is 50.1 Å². The molecule has 0 spiro atoms. The zero-order chi connectivity index (χ0) is 26.4. The van der Waals surface area contributed by atoms with Crippen molar-refractivity contribution in [2.24, 2.45) is 5.92 Å². The molecule has 1 aromatic heterocycles. The molecule has 3 heterocycles. The van der Waals surface area contributed by atoms with Crippen molar-refractivity contribution >= 4 is 15.7 Å². The fraction of sp³-hybridized carbons (Fsp3) is 0.615. The maximum absolute atomic E-state index is 14.3. The summed E-state index contributed by atoms with van der Waals surface area (Å²) in [5.74, 6) is -1.27. The molecule has 1 aromatic carbocycles. The number of halogens is 1. The number of hydrogen-bond acceptors (Lipinski definition) is 7. The highest BCUT2D eigenvalue weighted by Gasteiger charge is 2.29. The number of carbonyl (C=O) groups excluding carboxylic acids is 1. The molecule has 0 unspecified atom stereocenters. The Kier molecular flexibility index (Phi) is 9.33. The van der Waals surface area contributed by atoms with Crippen LogP contribution < -0.4 is 0 Å². The number of sulfone groups is 1. The van der Waals surface area contributed by atoms with Crippen molar-refractivity contribution in [1.29, 1.82) is 0 Å². The van der Waals surface area contributed by atoms with E-state index in [0.717, 1.165) is 25.9 Å². The summed E-state index contributed by atoms with van der Waals surface area (Å²) in [6, 6.07) is 5.86. The minimum Gasteiger partial charge on any atom is -0.379 e. The third kappa shape index (κ3) is 7.16. The first-order valence-corrected chi connectivity index (χ1v) is 14.6. The number of rotatable bonds is 11. The Morgan fingerprint density at radius 2 is 1.97 bits per heavy atom. The van der Waals surface area contributed by atoms with Crippen molar-refractivity contribution in [2.45, 2.75) is 56.8 Å². The van der Waals surface area contributed by atoms with Gasteiger partial charge in [-0.1, -0.05) is 32.0 Å². The minimum absolute atomic E-state index is 0.00566. The zero-order valence-electron chi connectivity index (χ0n) is 21.6. The maximum Gasteiger partial charge on any atom is 0.228 e. The van der Waals surface area contributed by atoms with Gasteiger partial charge < -0.3 is 18.9 Å². The first-order chi connectivity index (χ1) is 17.7. The van der Waals surface area contributed by atoms with Crippen LogP contribution >= 0.6 is 0 Å². The molecular weight excluding hydrogens is 499 g/mol. The molecule has 37 heavy (non-hydrogen) atoms. The number of benzene rings is 1. The third-order valence-electron chi connectivity index (χ3n) is 6.84. The fourth-order valence-corrected chi connectivity index (χ4v) is 6.27. The topological polar surface area (TPSA) is 94.0 Å². The van der Waals surface area contributed by atoms with Gasteiger partial charge in [-0.3, -0.25) is 9.69 Å². The van der Waals surface area contributed by atoms with Gasteiger partial charge >= 0.3 is 0 Å². The van der Waals surface area contributed by atoms with Crippen molar-refractivity contribution in [2.75, 3.05) is 46.0 Å². The third-order valence-corrected chi connectivity index (χ3v) is 8.41. The fourth-order valence-electron chi connectivity index (χ4n) is 4.75. The second-order valence-corrected chi connectivity index (χ2v) is 11.9. The second kappa shape index (κ2) is 12.5. The van der Waals surface area contributed by atoms with E-state index in [-0.39, 0.29) is 35.2 Å². The average Bonchev–Trinajstić information content (AvgIpc) is 3.54. The van der Waals surface area contributed by atoms with Gasteiger partial charge in [0.2, 0.25) is 20.9 Å². The number of morpholine rings is 1. The molecule has 0 bridgehead atoms. The van der Waals surface area contributed by atoms with Crippen LogP contribution in [0.3, 0.4) is 0 Å². The van der Waals surface area contributed by atoms with Crippen LogP contribution in [0, 0.1) is 11.7 Å². The smallest absolute Gasteiger partial charge is 0.228 e. The molecule has 2 aliphatic rings. The lowest BCUT2D eigenvalue weighted by Gasteiger charge is -2.31. The highest BCUT2D eigenvalue weighted by molar-refractivity contribution is 7.90. The van der Waals surface area contributed by atoms with Crippen molar-refractivity contribution in [3.05, 3.63) is 47.5 Å². The summed E-state index contributed by atoms with van der Waals surface area (Å²) in [5, 5.41) is -0.119. The van der Waals surface area contributed by atoms with Crippen LogP contribution in [0.25, 0.3) is 0 Å². The van der Waals surface area contributed by atoms with E-state index in [0.29, 0.717) is 45.1 Å². The summed E-state index contributed by atoms with van der Waals surface area (Å²) in [4.78, 5) is 21.5. The molecule has 2 fully saturated rings. The molecule has 0 saturated carbocycles. The molecule has 204 valence electrons. The van der Waals surface area contributed by atoms with Crippen LogP contribution in [0.4, 0.5) is 4.39 Å². The van der Waals surface area contributed by atoms with Crippen molar-refractivity contribution in [1.82, 2.24) is 19.4 Å². The molecule has 9 nitrogen and oxygen atoms in total. The van der Waals surface area contributed by atoms with E-state index in [4.69, 9.17) is 9.47 Å². The second-order valence-electron chi connectivity index (χ2n) is 10.00. The maximum atomic E-state index is 14.3. The number of hydrogen-bond donors (Lipinski definition) is 0. The lowest BCUT2D eigenvalue weighted by Crippen LogP contribution is -2.44. The Morgan fingerprint density at radius 1 is 1.22 bits per heavy atom. The van der Waals surface area contributed by atoms with E-state index in [1.807, 2.05) is 13.8 Å². The molecule has 1 amide bonds. The van der Waals surface area contributed by atoms with Gasteiger partial charge in [0.15, 0.2) is 0 Å². The van der Waals surface area contributed by atoms with Crippen molar-refractivity contribution in [3.63, 3.8) is 0 Å². The lowest BCUT2D eigenvalue weighted by atomic mass is 10.2. The first-order valence-electron chi connectivity index (χ1n) is 13.0. The van der Waals surface area contributed by atoms with Gasteiger partial charge in [-0.05, 0) is 18.9 Å². The Hall–Kier alpha value is -2.34. The van der Waals surface area contributed by atoms with Crippen LogP contribution in [0.2, 0.25) is 0 Å². The SMILES string of the molecule is CC(C)C(=O)N(CCN1CCOCC1)Cc1cnc(S(=O)(=O)Cc2ccccc2F)n1C[C@@H]1CCCO1. The molecule has 11 heteroatoms. The molecule has 1 atom stereocenters. The van der Waals surface area contributed by atoms with Crippen LogP contribution in [0.15, 0.2) is 35.6 Å². The number of amides is 1. The predicted molar refractivity (Wildman–Crippen MR) is 136 cm³/mol. The van der Waals surface area contributed by atoms with Crippen molar-refractivity contribution < 1.29 is 27.1 Å². The van der Waals surface area contributed by atoms with Gasteiger partial charge in [0, 0.05) is 44.3 Å². The van der Waals surface area contributed by atoms with Gasteiger partial charge in [-0.2, -0.15) is 0 Å². The molecular formula is C26H37FN4O5S. The molecule has 0 aliphatic carbocycles. The van der Waals surface area contributed by atoms with Crippen LogP contribution in [-0.2, 0) is 42.9 Å². The monoisotopic (exact) mass is 536 g/mol. The number of ether oxygens (including phenoxy) is 2. The van der Waals surface area contributed by atoms with Gasteiger partial charge in [0.1, 0.15) is 5.82 Å². The van der Waals surface area contributed by atoms with E-state index in [1.54, 1.807) is 15.5 Å². The molecule has 4 rings (SSSR count). The van der Waals surface area contributed by atoms with Gasteiger partial charge in [-0.25, -0.2) is 17.8 Å². The molecule has 2 saturated heterocycles. The Bertz CT molecular complexity index is 1160. The normalized spacial score (nSPS) is 19.0. The summed E-state index contributed by atoms with van der Waals surface area (Å²) in [6.07, 6.45) is 3.11. The first kappa shape index (κ1) is 27.7. The van der Waals surface area contributed by atoms with E-state index < -0.39 is 21.4 Å². The molecule has 0 N–H and O–H groups in total. The van der Waals surface area contributed by atoms with E-state index in [1.165, 1.54) is 24.4 Å². The van der Waals surface area contributed by atoms with Crippen molar-refractivity contribution in [3.8, 4) is 0 Å². The highest BCUT2D eigenvalue weighted by atomic mass is 32.2. The van der Waals surface area contributed by atoms with E-state index in [9.17, 15) is 17.6 Å². The Labute approximate surface area is 218 Å². The molecule has 0 radical (unpaired) electrons. The molecule has 2 aromatic rings. The summed E-state index contributed by atoms with van der Waals surface area (Å²) < 4.78 is 54.0. The predicted octanol–water partition coefficient (Wildman–Crippen LogP) is 2.49. The molecule has 2 aliphatic heterocycles. The quantitative estimate of drug-likeness (QED) is 0.436. The van der Waals surface area contributed by atoms with Crippen LogP contribution in [-0.4, -0.2) is 85.8 Å². The zero-order valence-corrected chi connectivity index (χ0v) is 22.5. The van der Waals surface area contributed by atoms with Gasteiger partial charge in [-0.15, -0.1) is 0 Å². The van der Waals surface area contributed by atoms with Gasteiger partial charge in [0.25, 0.3) is 0 Å².